The number of carboxylic acid groups (broad SMARTS) is 1. The average Bonchev–Trinajstić information content (AvgIpc) is 2.37. The lowest BCUT2D eigenvalue weighted by atomic mass is 9.80. The van der Waals surface area contributed by atoms with Gasteiger partial charge in [0, 0.05) is 26.3 Å². The molecule has 1 aliphatic rings. The van der Waals surface area contributed by atoms with E-state index in [1.54, 1.807) is 0 Å². The van der Waals surface area contributed by atoms with Crippen LogP contribution in [0, 0.1) is 11.3 Å². The summed E-state index contributed by atoms with van der Waals surface area (Å²) >= 11 is 0. The van der Waals surface area contributed by atoms with Crippen LogP contribution in [0.2, 0.25) is 0 Å². The lowest BCUT2D eigenvalue weighted by Crippen LogP contribution is -2.49. The highest BCUT2D eigenvalue weighted by atomic mass is 16.5. The number of hydrogen-bond donors (Lipinski definition) is 3. The van der Waals surface area contributed by atoms with Crippen molar-refractivity contribution in [2.24, 2.45) is 11.3 Å². The Morgan fingerprint density at radius 3 is 2.42 bits per heavy atom. The van der Waals surface area contributed by atoms with Crippen LogP contribution >= 0.6 is 0 Å². The average molecular weight is 272 g/mol. The molecule has 1 rings (SSSR count). The van der Waals surface area contributed by atoms with Gasteiger partial charge in [-0.1, -0.05) is 13.8 Å². The molecule has 0 unspecified atom stereocenters. The van der Waals surface area contributed by atoms with Crippen LogP contribution < -0.4 is 10.6 Å². The summed E-state index contributed by atoms with van der Waals surface area (Å²) in [5.74, 6) is -0.334. The number of urea groups is 1. The van der Waals surface area contributed by atoms with E-state index in [0.717, 1.165) is 6.42 Å². The number of ether oxygens (including phenoxy) is 1. The Labute approximate surface area is 113 Å². The molecule has 1 fully saturated rings. The van der Waals surface area contributed by atoms with Crippen molar-refractivity contribution in [1.82, 2.24) is 10.6 Å². The second-order valence-corrected chi connectivity index (χ2v) is 5.49. The van der Waals surface area contributed by atoms with Crippen molar-refractivity contribution in [3.05, 3.63) is 0 Å². The van der Waals surface area contributed by atoms with E-state index in [4.69, 9.17) is 4.74 Å². The molecule has 19 heavy (non-hydrogen) atoms. The van der Waals surface area contributed by atoms with Gasteiger partial charge in [-0.25, -0.2) is 4.79 Å². The molecule has 0 spiro atoms. The molecule has 0 aliphatic carbocycles. The van der Waals surface area contributed by atoms with Gasteiger partial charge in [-0.3, -0.25) is 4.79 Å². The number of carbonyl (C=O) groups excluding carboxylic acids is 1. The Kier molecular flexibility index (Phi) is 6.08. The molecular weight excluding hydrogens is 248 g/mol. The SMILES string of the molecule is CC(C)CCNC(=O)NCC1(C(=O)O)CCOCC1. The minimum atomic E-state index is -0.881. The first-order valence-corrected chi connectivity index (χ1v) is 6.79. The van der Waals surface area contributed by atoms with Crippen LogP contribution in [0.15, 0.2) is 0 Å². The zero-order valence-electron chi connectivity index (χ0n) is 11.7. The van der Waals surface area contributed by atoms with Crippen LogP contribution in [-0.2, 0) is 9.53 Å². The molecule has 6 heteroatoms. The maximum absolute atomic E-state index is 11.6. The minimum absolute atomic E-state index is 0.152. The van der Waals surface area contributed by atoms with Gasteiger partial charge in [0.1, 0.15) is 0 Å². The topological polar surface area (TPSA) is 87.7 Å². The summed E-state index contributed by atoms with van der Waals surface area (Å²) in [5, 5.41) is 14.7. The Morgan fingerprint density at radius 1 is 1.26 bits per heavy atom. The highest BCUT2D eigenvalue weighted by molar-refractivity contribution is 5.78. The molecule has 0 radical (unpaired) electrons. The standard InChI is InChI=1S/C13H24N2O4/c1-10(2)3-6-14-12(18)15-9-13(11(16)17)4-7-19-8-5-13/h10H,3-9H2,1-2H3,(H,16,17)(H2,14,15,18). The van der Waals surface area contributed by atoms with Gasteiger partial charge in [-0.05, 0) is 25.2 Å². The van der Waals surface area contributed by atoms with Gasteiger partial charge >= 0.3 is 12.0 Å². The van der Waals surface area contributed by atoms with Crippen LogP contribution in [0.25, 0.3) is 0 Å². The largest absolute Gasteiger partial charge is 0.481 e. The van der Waals surface area contributed by atoms with Gasteiger partial charge in [-0.2, -0.15) is 0 Å². The summed E-state index contributed by atoms with van der Waals surface area (Å²) in [5.41, 5.74) is -0.881. The zero-order valence-corrected chi connectivity index (χ0v) is 11.7. The van der Waals surface area contributed by atoms with Gasteiger partial charge in [0.2, 0.25) is 0 Å². The molecule has 0 saturated carbocycles. The van der Waals surface area contributed by atoms with Crippen molar-refractivity contribution >= 4 is 12.0 Å². The maximum Gasteiger partial charge on any atom is 0.314 e. The van der Waals surface area contributed by atoms with Gasteiger partial charge < -0.3 is 20.5 Å². The van der Waals surface area contributed by atoms with Crippen molar-refractivity contribution in [2.75, 3.05) is 26.3 Å². The van der Waals surface area contributed by atoms with Crippen LogP contribution in [0.3, 0.4) is 0 Å². The maximum atomic E-state index is 11.6. The molecule has 0 atom stereocenters. The summed E-state index contributed by atoms with van der Waals surface area (Å²) in [6.07, 6.45) is 1.79. The molecule has 1 heterocycles. The van der Waals surface area contributed by atoms with E-state index in [1.807, 2.05) is 0 Å². The second-order valence-electron chi connectivity index (χ2n) is 5.49. The molecule has 0 aromatic carbocycles. The smallest absolute Gasteiger partial charge is 0.314 e. The quantitative estimate of drug-likeness (QED) is 0.678. The summed E-state index contributed by atoms with van der Waals surface area (Å²) in [4.78, 5) is 23.0. The second kappa shape index (κ2) is 7.33. The first-order valence-electron chi connectivity index (χ1n) is 6.79. The predicted octanol–water partition coefficient (Wildman–Crippen LogP) is 1.21. The zero-order chi connectivity index (χ0) is 14.3. The third-order valence-electron chi connectivity index (χ3n) is 3.50. The fourth-order valence-electron chi connectivity index (χ4n) is 2.01. The Balaban J connectivity index is 2.35. The van der Waals surface area contributed by atoms with Crippen molar-refractivity contribution in [2.45, 2.75) is 33.1 Å². The number of aliphatic carboxylic acids is 1. The fraction of sp³-hybridized carbons (Fsp3) is 0.846. The molecule has 0 aromatic heterocycles. The molecule has 3 N–H and O–H groups in total. The number of hydrogen-bond acceptors (Lipinski definition) is 3. The summed E-state index contributed by atoms with van der Waals surface area (Å²) < 4.78 is 5.18. The molecule has 2 amide bonds. The number of carbonyl (C=O) groups is 2. The number of carboxylic acids is 1. The van der Waals surface area contributed by atoms with Gasteiger partial charge in [0.25, 0.3) is 0 Å². The van der Waals surface area contributed by atoms with Gasteiger partial charge in [0.05, 0.1) is 5.41 Å². The lowest BCUT2D eigenvalue weighted by molar-refractivity contribution is -0.154. The van der Waals surface area contributed by atoms with E-state index in [1.165, 1.54) is 0 Å². The van der Waals surface area contributed by atoms with Crippen LogP contribution in [0.4, 0.5) is 4.79 Å². The molecule has 6 nitrogen and oxygen atoms in total. The molecule has 0 aromatic rings. The normalized spacial score (nSPS) is 18.1. The van der Waals surface area contributed by atoms with E-state index >= 15 is 0 Å². The Bertz CT molecular complexity index is 312. The highest BCUT2D eigenvalue weighted by Crippen LogP contribution is 2.29. The van der Waals surface area contributed by atoms with E-state index < -0.39 is 11.4 Å². The first kappa shape index (κ1) is 15.8. The highest BCUT2D eigenvalue weighted by Gasteiger charge is 2.40. The van der Waals surface area contributed by atoms with E-state index in [2.05, 4.69) is 24.5 Å². The lowest BCUT2D eigenvalue weighted by Gasteiger charge is -2.33. The van der Waals surface area contributed by atoms with Gasteiger partial charge in [0.15, 0.2) is 0 Å². The third kappa shape index (κ3) is 5.06. The number of amides is 2. The fourth-order valence-corrected chi connectivity index (χ4v) is 2.01. The third-order valence-corrected chi connectivity index (χ3v) is 3.50. The summed E-state index contributed by atoms with van der Waals surface area (Å²) in [6.45, 7) is 5.79. The molecule has 1 aliphatic heterocycles. The number of nitrogens with one attached hydrogen (secondary N) is 2. The Hall–Kier alpha value is -1.30. The summed E-state index contributed by atoms with van der Waals surface area (Å²) in [7, 11) is 0. The van der Waals surface area contributed by atoms with Crippen LogP contribution in [0.5, 0.6) is 0 Å². The minimum Gasteiger partial charge on any atom is -0.481 e. The van der Waals surface area contributed by atoms with E-state index in [9.17, 15) is 14.7 Å². The van der Waals surface area contributed by atoms with Crippen molar-refractivity contribution in [3.8, 4) is 0 Å². The molecule has 1 saturated heterocycles. The van der Waals surface area contributed by atoms with Gasteiger partial charge in [-0.15, -0.1) is 0 Å². The van der Waals surface area contributed by atoms with E-state index in [0.29, 0.717) is 38.5 Å². The summed E-state index contributed by atoms with van der Waals surface area (Å²) in [6, 6.07) is -0.298. The predicted molar refractivity (Wildman–Crippen MR) is 71.0 cm³/mol. The van der Waals surface area contributed by atoms with Crippen molar-refractivity contribution in [1.29, 1.82) is 0 Å². The molecular formula is C13H24N2O4. The van der Waals surface area contributed by atoms with Crippen molar-refractivity contribution in [3.63, 3.8) is 0 Å². The number of rotatable bonds is 6. The molecule has 0 bridgehead atoms. The van der Waals surface area contributed by atoms with E-state index in [-0.39, 0.29) is 12.6 Å². The van der Waals surface area contributed by atoms with Crippen LogP contribution in [-0.4, -0.2) is 43.4 Å². The van der Waals surface area contributed by atoms with Crippen molar-refractivity contribution < 1.29 is 19.4 Å². The monoisotopic (exact) mass is 272 g/mol. The first-order chi connectivity index (χ1) is 8.96. The molecule has 110 valence electrons. The Morgan fingerprint density at radius 2 is 1.89 bits per heavy atom. The van der Waals surface area contributed by atoms with Crippen LogP contribution in [0.1, 0.15) is 33.1 Å².